The lowest BCUT2D eigenvalue weighted by Crippen LogP contribution is -1.69. The predicted octanol–water partition coefficient (Wildman–Crippen LogP) is 1.85. The van der Waals surface area contributed by atoms with E-state index < -0.39 is 0 Å². The van der Waals surface area contributed by atoms with Crippen LogP contribution in [0.3, 0.4) is 0 Å². The van der Waals surface area contributed by atoms with E-state index in [0.717, 1.165) is 17.2 Å². The topological polar surface area (TPSA) is 26.0 Å². The SMILES string of the molecule is CSCc1cc(C)no1. The largest absolute Gasteiger partial charge is 0.360 e. The summed E-state index contributed by atoms with van der Waals surface area (Å²) in [5.74, 6) is 1.88. The van der Waals surface area contributed by atoms with Crippen LogP contribution in [-0.4, -0.2) is 11.4 Å². The van der Waals surface area contributed by atoms with Gasteiger partial charge in [0.25, 0.3) is 0 Å². The quantitative estimate of drug-likeness (QED) is 0.632. The van der Waals surface area contributed by atoms with E-state index in [1.54, 1.807) is 11.8 Å². The first-order valence-electron chi connectivity index (χ1n) is 2.74. The molecule has 0 spiro atoms. The fourth-order valence-corrected chi connectivity index (χ4v) is 1.05. The lowest BCUT2D eigenvalue weighted by Gasteiger charge is -1.83. The highest BCUT2D eigenvalue weighted by atomic mass is 32.2. The summed E-state index contributed by atoms with van der Waals surface area (Å²) in [6, 6.07) is 1.95. The third-order valence-corrected chi connectivity index (χ3v) is 1.54. The first-order chi connectivity index (χ1) is 4.33. The number of hydrogen-bond acceptors (Lipinski definition) is 3. The van der Waals surface area contributed by atoms with Gasteiger partial charge in [-0.2, -0.15) is 11.8 Å². The van der Waals surface area contributed by atoms with Gasteiger partial charge in [-0.05, 0) is 13.2 Å². The third kappa shape index (κ3) is 1.75. The first kappa shape index (κ1) is 6.68. The number of rotatable bonds is 2. The van der Waals surface area contributed by atoms with Crippen LogP contribution < -0.4 is 0 Å². The average molecular weight is 143 g/mol. The fraction of sp³-hybridized carbons (Fsp3) is 0.500. The van der Waals surface area contributed by atoms with E-state index in [4.69, 9.17) is 4.52 Å². The highest BCUT2D eigenvalue weighted by Crippen LogP contribution is 2.08. The summed E-state index contributed by atoms with van der Waals surface area (Å²) >= 11 is 1.73. The Morgan fingerprint density at radius 3 is 3.00 bits per heavy atom. The Morgan fingerprint density at radius 1 is 1.78 bits per heavy atom. The van der Waals surface area contributed by atoms with E-state index in [2.05, 4.69) is 5.16 Å². The smallest absolute Gasteiger partial charge is 0.146 e. The van der Waals surface area contributed by atoms with Gasteiger partial charge in [-0.1, -0.05) is 5.16 Å². The molecule has 3 heteroatoms. The van der Waals surface area contributed by atoms with Gasteiger partial charge < -0.3 is 4.52 Å². The van der Waals surface area contributed by atoms with Crippen molar-refractivity contribution in [2.75, 3.05) is 6.26 Å². The molecule has 50 valence electrons. The maximum Gasteiger partial charge on any atom is 0.146 e. The van der Waals surface area contributed by atoms with Gasteiger partial charge in [0.1, 0.15) is 5.76 Å². The molecule has 0 aromatic carbocycles. The van der Waals surface area contributed by atoms with Crippen molar-refractivity contribution < 1.29 is 4.52 Å². The zero-order chi connectivity index (χ0) is 6.69. The van der Waals surface area contributed by atoms with E-state index in [0.29, 0.717) is 0 Å². The molecular weight excluding hydrogens is 134 g/mol. The molecule has 2 nitrogen and oxygen atoms in total. The highest BCUT2D eigenvalue weighted by molar-refractivity contribution is 7.97. The monoisotopic (exact) mass is 143 g/mol. The van der Waals surface area contributed by atoms with Gasteiger partial charge in [-0.3, -0.25) is 0 Å². The summed E-state index contributed by atoms with van der Waals surface area (Å²) in [7, 11) is 0. The second kappa shape index (κ2) is 2.92. The van der Waals surface area contributed by atoms with Crippen LogP contribution in [0.2, 0.25) is 0 Å². The molecule has 0 fully saturated rings. The summed E-state index contributed by atoms with van der Waals surface area (Å²) in [6.45, 7) is 1.92. The van der Waals surface area contributed by atoms with Crippen molar-refractivity contribution in [2.45, 2.75) is 12.7 Å². The van der Waals surface area contributed by atoms with Gasteiger partial charge >= 0.3 is 0 Å². The molecule has 0 atom stereocenters. The maximum absolute atomic E-state index is 4.93. The zero-order valence-corrected chi connectivity index (χ0v) is 6.36. The molecule has 0 N–H and O–H groups in total. The first-order valence-corrected chi connectivity index (χ1v) is 4.13. The van der Waals surface area contributed by atoms with Crippen molar-refractivity contribution in [1.29, 1.82) is 0 Å². The Kier molecular flexibility index (Phi) is 2.16. The molecular formula is C6H9NOS. The lowest BCUT2D eigenvalue weighted by atomic mass is 10.4. The van der Waals surface area contributed by atoms with Crippen molar-refractivity contribution in [2.24, 2.45) is 0 Å². The Hall–Kier alpha value is -0.440. The van der Waals surface area contributed by atoms with E-state index in [9.17, 15) is 0 Å². The van der Waals surface area contributed by atoms with Gasteiger partial charge in [0.2, 0.25) is 0 Å². The lowest BCUT2D eigenvalue weighted by molar-refractivity contribution is 0.391. The molecule has 0 unspecified atom stereocenters. The van der Waals surface area contributed by atoms with Crippen LogP contribution in [0.4, 0.5) is 0 Å². The van der Waals surface area contributed by atoms with Gasteiger partial charge in [-0.25, -0.2) is 0 Å². The van der Waals surface area contributed by atoms with Crippen LogP contribution in [0.5, 0.6) is 0 Å². The van der Waals surface area contributed by atoms with Crippen molar-refractivity contribution >= 4 is 11.8 Å². The van der Waals surface area contributed by atoms with E-state index >= 15 is 0 Å². The minimum Gasteiger partial charge on any atom is -0.360 e. The van der Waals surface area contributed by atoms with Gasteiger partial charge in [0, 0.05) is 6.07 Å². The fourth-order valence-electron chi connectivity index (χ4n) is 0.627. The van der Waals surface area contributed by atoms with Crippen LogP contribution in [0.1, 0.15) is 11.5 Å². The normalized spacial score (nSPS) is 10.0. The number of aryl methyl sites for hydroxylation is 1. The Labute approximate surface area is 58.6 Å². The Bertz CT molecular complexity index is 185. The molecule has 0 saturated carbocycles. The molecule has 1 heterocycles. The van der Waals surface area contributed by atoms with Crippen molar-refractivity contribution in [3.8, 4) is 0 Å². The molecule has 0 bridgehead atoms. The molecule has 1 aromatic heterocycles. The summed E-state index contributed by atoms with van der Waals surface area (Å²) < 4.78 is 4.93. The second-order valence-electron chi connectivity index (χ2n) is 1.87. The summed E-state index contributed by atoms with van der Waals surface area (Å²) in [5.41, 5.74) is 0.957. The van der Waals surface area contributed by atoms with Gasteiger partial charge in [0.05, 0.1) is 11.4 Å². The number of nitrogens with zero attached hydrogens (tertiary/aromatic N) is 1. The van der Waals surface area contributed by atoms with Crippen LogP contribution in [0.25, 0.3) is 0 Å². The standard InChI is InChI=1S/C6H9NOS/c1-5-3-6(4-9-2)8-7-5/h3H,4H2,1-2H3. The molecule has 9 heavy (non-hydrogen) atoms. The molecule has 1 rings (SSSR count). The van der Waals surface area contributed by atoms with Crippen LogP contribution in [0.15, 0.2) is 10.6 Å². The minimum atomic E-state index is 0.918. The average Bonchev–Trinajstić information content (AvgIpc) is 2.17. The molecule has 0 amide bonds. The van der Waals surface area contributed by atoms with Crippen molar-refractivity contribution in [3.05, 3.63) is 17.5 Å². The number of aromatic nitrogens is 1. The predicted molar refractivity (Wildman–Crippen MR) is 38.5 cm³/mol. The van der Waals surface area contributed by atoms with Gasteiger partial charge in [0.15, 0.2) is 0 Å². The van der Waals surface area contributed by atoms with E-state index in [-0.39, 0.29) is 0 Å². The summed E-state index contributed by atoms with van der Waals surface area (Å²) in [5, 5.41) is 3.75. The molecule has 1 aromatic rings. The Morgan fingerprint density at radius 2 is 2.56 bits per heavy atom. The second-order valence-corrected chi connectivity index (χ2v) is 2.73. The summed E-state index contributed by atoms with van der Waals surface area (Å²) in [4.78, 5) is 0. The molecule has 0 radical (unpaired) electrons. The van der Waals surface area contributed by atoms with E-state index in [1.165, 1.54) is 0 Å². The molecule has 0 aliphatic heterocycles. The molecule has 0 aliphatic carbocycles. The van der Waals surface area contributed by atoms with Crippen molar-refractivity contribution in [3.63, 3.8) is 0 Å². The minimum absolute atomic E-state index is 0.918. The molecule has 0 aliphatic rings. The van der Waals surface area contributed by atoms with Crippen LogP contribution >= 0.6 is 11.8 Å². The highest BCUT2D eigenvalue weighted by Gasteiger charge is 1.96. The van der Waals surface area contributed by atoms with E-state index in [1.807, 2.05) is 19.2 Å². The third-order valence-electron chi connectivity index (χ3n) is 0.963. The number of hydrogen-bond donors (Lipinski definition) is 0. The Balaban J connectivity index is 2.61. The zero-order valence-electron chi connectivity index (χ0n) is 5.55. The maximum atomic E-state index is 4.93. The van der Waals surface area contributed by atoms with Crippen molar-refractivity contribution in [1.82, 2.24) is 5.16 Å². The van der Waals surface area contributed by atoms with Crippen LogP contribution in [-0.2, 0) is 5.75 Å². The summed E-state index contributed by atoms with van der Waals surface area (Å²) in [6.07, 6.45) is 2.04. The van der Waals surface area contributed by atoms with Gasteiger partial charge in [-0.15, -0.1) is 0 Å². The number of thioether (sulfide) groups is 1. The molecule has 0 saturated heterocycles. The van der Waals surface area contributed by atoms with Crippen LogP contribution in [0, 0.1) is 6.92 Å².